The Morgan fingerprint density at radius 1 is 1.26 bits per heavy atom. The predicted octanol–water partition coefficient (Wildman–Crippen LogP) is 4.80. The lowest BCUT2D eigenvalue weighted by Crippen LogP contribution is -2.59. The van der Waals surface area contributed by atoms with E-state index in [0.717, 1.165) is 6.07 Å². The van der Waals surface area contributed by atoms with Crippen LogP contribution in [-0.2, 0) is 10.2 Å². The Balaban J connectivity index is 1.99. The fraction of sp³-hybridized carbons (Fsp3) is 0.462. The van der Waals surface area contributed by atoms with Crippen LogP contribution in [0.2, 0.25) is 10.0 Å². The summed E-state index contributed by atoms with van der Waals surface area (Å²) >= 11 is 12.1. The maximum atomic E-state index is 15.5. The van der Waals surface area contributed by atoms with E-state index in [0.29, 0.717) is 6.42 Å². The fourth-order valence-electron chi connectivity index (χ4n) is 5.38. The first-order valence-corrected chi connectivity index (χ1v) is 12.2. The highest BCUT2D eigenvalue weighted by molar-refractivity contribution is 6.31. The maximum absolute atomic E-state index is 15.5. The van der Waals surface area contributed by atoms with Gasteiger partial charge in [0.1, 0.15) is 17.0 Å². The minimum absolute atomic E-state index is 0.0365. The summed E-state index contributed by atoms with van der Waals surface area (Å²) in [4.78, 5) is 15.1. The Morgan fingerprint density at radius 2 is 1.94 bits per heavy atom. The van der Waals surface area contributed by atoms with E-state index >= 15 is 8.78 Å². The number of amides is 1. The van der Waals surface area contributed by atoms with Crippen molar-refractivity contribution in [3.8, 4) is 6.07 Å². The molecule has 35 heavy (non-hydrogen) atoms. The van der Waals surface area contributed by atoms with Crippen LogP contribution in [0.15, 0.2) is 36.4 Å². The number of hydrogen-bond acceptors (Lipinski definition) is 4. The molecular weight excluding hydrogens is 495 g/mol. The lowest BCUT2D eigenvalue weighted by atomic mass is 9.62. The lowest BCUT2D eigenvalue weighted by molar-refractivity contribution is -0.143. The number of aliphatic hydroxyl groups is 1. The van der Waals surface area contributed by atoms with Crippen LogP contribution in [-0.4, -0.2) is 47.2 Å². The predicted molar refractivity (Wildman–Crippen MR) is 130 cm³/mol. The molecule has 2 N–H and O–H groups in total. The molecule has 0 bridgehead atoms. The Bertz CT molecular complexity index is 1190. The molecule has 9 heteroatoms. The zero-order valence-electron chi connectivity index (χ0n) is 19.7. The SMILES string of the molecule is CC(C)(C)CC1NC(C(=O)N2CC(O)C2)C(c2cccc(Cl)c2F)C1(C#N)c1ccc(Cl)cc1F. The van der Waals surface area contributed by atoms with Gasteiger partial charge in [-0.25, -0.2) is 8.78 Å². The zero-order valence-corrected chi connectivity index (χ0v) is 21.2. The van der Waals surface area contributed by atoms with Gasteiger partial charge < -0.3 is 15.3 Å². The van der Waals surface area contributed by atoms with Gasteiger partial charge in [0, 0.05) is 35.6 Å². The van der Waals surface area contributed by atoms with Crippen molar-refractivity contribution >= 4 is 29.1 Å². The molecule has 0 radical (unpaired) electrons. The van der Waals surface area contributed by atoms with E-state index < -0.39 is 41.2 Å². The molecule has 4 atom stereocenters. The van der Waals surface area contributed by atoms with Gasteiger partial charge in [-0.3, -0.25) is 4.79 Å². The minimum atomic E-state index is -1.66. The van der Waals surface area contributed by atoms with Crippen molar-refractivity contribution in [3.63, 3.8) is 0 Å². The zero-order chi connectivity index (χ0) is 25.7. The number of carbonyl (C=O) groups excluding carboxylic acids is 1. The summed E-state index contributed by atoms with van der Waals surface area (Å²) in [6.45, 7) is 6.21. The van der Waals surface area contributed by atoms with Gasteiger partial charge in [0.25, 0.3) is 0 Å². The van der Waals surface area contributed by atoms with Gasteiger partial charge in [-0.2, -0.15) is 5.26 Å². The highest BCUT2D eigenvalue weighted by Crippen LogP contribution is 2.53. The second kappa shape index (κ2) is 9.33. The van der Waals surface area contributed by atoms with Gasteiger partial charge in [-0.15, -0.1) is 0 Å². The number of halogens is 4. The van der Waals surface area contributed by atoms with Gasteiger partial charge in [0.2, 0.25) is 5.91 Å². The summed E-state index contributed by atoms with van der Waals surface area (Å²) in [7, 11) is 0. The Kier molecular flexibility index (Phi) is 6.89. The molecule has 186 valence electrons. The molecule has 4 unspecified atom stereocenters. The molecule has 0 spiro atoms. The number of nitriles is 1. The fourth-order valence-corrected chi connectivity index (χ4v) is 5.72. The highest BCUT2D eigenvalue weighted by Gasteiger charge is 2.62. The first-order chi connectivity index (χ1) is 16.4. The van der Waals surface area contributed by atoms with Crippen LogP contribution in [0.3, 0.4) is 0 Å². The second-order valence-electron chi connectivity index (χ2n) is 10.6. The molecule has 5 nitrogen and oxygen atoms in total. The van der Waals surface area contributed by atoms with E-state index in [1.54, 1.807) is 6.07 Å². The molecule has 2 aromatic rings. The van der Waals surface area contributed by atoms with Crippen molar-refractivity contribution in [1.82, 2.24) is 10.2 Å². The third kappa shape index (κ3) is 4.53. The topological polar surface area (TPSA) is 76.4 Å². The number of aliphatic hydroxyl groups excluding tert-OH is 1. The summed E-state index contributed by atoms with van der Waals surface area (Å²) in [5.74, 6) is -2.95. The number of benzene rings is 2. The van der Waals surface area contributed by atoms with Gasteiger partial charge in [0.05, 0.1) is 23.2 Å². The van der Waals surface area contributed by atoms with Crippen LogP contribution in [0, 0.1) is 28.4 Å². The van der Waals surface area contributed by atoms with E-state index in [4.69, 9.17) is 23.2 Å². The Morgan fingerprint density at radius 3 is 2.51 bits per heavy atom. The molecule has 2 aliphatic rings. The highest BCUT2D eigenvalue weighted by atomic mass is 35.5. The minimum Gasteiger partial charge on any atom is -0.389 e. The van der Waals surface area contributed by atoms with Gasteiger partial charge >= 0.3 is 0 Å². The molecule has 2 saturated heterocycles. The molecule has 0 aliphatic carbocycles. The first-order valence-electron chi connectivity index (χ1n) is 11.4. The van der Waals surface area contributed by atoms with Gasteiger partial charge in [0.15, 0.2) is 0 Å². The van der Waals surface area contributed by atoms with Crippen molar-refractivity contribution < 1.29 is 18.7 Å². The van der Waals surface area contributed by atoms with Crippen LogP contribution in [0.4, 0.5) is 8.78 Å². The third-order valence-corrected chi connectivity index (χ3v) is 7.42. The normalized spacial score (nSPS) is 26.9. The van der Waals surface area contributed by atoms with Gasteiger partial charge in [-0.1, -0.05) is 62.2 Å². The lowest BCUT2D eigenvalue weighted by Gasteiger charge is -2.40. The second-order valence-corrected chi connectivity index (χ2v) is 11.4. The molecule has 4 rings (SSSR count). The standard InChI is InChI=1S/C26H27Cl2F2N3O2/c1-25(2,3)10-20-26(13-31,17-8-7-14(27)9-19(17)29)21(16-5-4-6-18(28)22(16)30)23(32-20)24(35)33-11-15(34)12-33/h4-9,15,20-21,23,32,34H,10-12H2,1-3H3. The van der Waals surface area contributed by atoms with E-state index in [-0.39, 0.29) is 45.6 Å². The molecule has 2 aromatic carbocycles. The van der Waals surface area contributed by atoms with Crippen LogP contribution in [0.1, 0.15) is 44.2 Å². The summed E-state index contributed by atoms with van der Waals surface area (Å²) in [5, 5.41) is 23.8. The molecule has 0 aromatic heterocycles. The maximum Gasteiger partial charge on any atom is 0.240 e. The van der Waals surface area contributed by atoms with E-state index in [9.17, 15) is 15.2 Å². The van der Waals surface area contributed by atoms with Crippen molar-refractivity contribution in [2.24, 2.45) is 5.41 Å². The molecule has 2 fully saturated rings. The van der Waals surface area contributed by atoms with Crippen molar-refractivity contribution in [1.29, 1.82) is 5.26 Å². The Labute approximate surface area is 213 Å². The number of hydrogen-bond donors (Lipinski definition) is 2. The number of nitrogens with zero attached hydrogens (tertiary/aromatic N) is 2. The number of nitrogens with one attached hydrogen (secondary N) is 1. The number of rotatable bonds is 4. The van der Waals surface area contributed by atoms with Crippen LogP contribution >= 0.6 is 23.2 Å². The van der Waals surface area contributed by atoms with Crippen LogP contribution < -0.4 is 5.32 Å². The molecule has 0 saturated carbocycles. The van der Waals surface area contributed by atoms with Crippen LogP contribution in [0.25, 0.3) is 0 Å². The summed E-state index contributed by atoms with van der Waals surface area (Å²) in [5.41, 5.74) is -1.88. The molecule has 1 amide bonds. The van der Waals surface area contributed by atoms with Crippen LogP contribution in [0.5, 0.6) is 0 Å². The van der Waals surface area contributed by atoms with Gasteiger partial charge in [-0.05, 0) is 35.6 Å². The average molecular weight is 522 g/mol. The molecule has 2 heterocycles. The van der Waals surface area contributed by atoms with E-state index in [2.05, 4.69) is 11.4 Å². The monoisotopic (exact) mass is 521 g/mol. The van der Waals surface area contributed by atoms with Crippen molar-refractivity contribution in [2.45, 2.75) is 56.7 Å². The summed E-state index contributed by atoms with van der Waals surface area (Å²) in [6.07, 6.45) is -0.241. The molecular formula is C26H27Cl2F2N3O2. The summed E-state index contributed by atoms with van der Waals surface area (Å²) in [6, 6.07) is 9.03. The quantitative estimate of drug-likeness (QED) is 0.605. The average Bonchev–Trinajstić information content (AvgIpc) is 3.06. The Hall–Kier alpha value is -2.24. The smallest absolute Gasteiger partial charge is 0.240 e. The number of carbonyl (C=O) groups is 1. The van der Waals surface area contributed by atoms with E-state index in [1.165, 1.54) is 29.2 Å². The summed E-state index contributed by atoms with van der Waals surface area (Å²) < 4.78 is 31.0. The van der Waals surface area contributed by atoms with Crippen molar-refractivity contribution in [2.75, 3.05) is 13.1 Å². The number of likely N-dealkylation sites (tertiary alicyclic amines) is 1. The first kappa shape index (κ1) is 25.8. The molecule has 2 aliphatic heterocycles. The van der Waals surface area contributed by atoms with Crippen molar-refractivity contribution in [3.05, 3.63) is 69.2 Å². The largest absolute Gasteiger partial charge is 0.389 e. The third-order valence-electron chi connectivity index (χ3n) is 6.89. The van der Waals surface area contributed by atoms with E-state index in [1.807, 2.05) is 20.8 Å². The number of β-amino-alcohol motifs (C(OH)–C–C–N with tert-alkyl or cyclic N) is 1.